The molecule has 0 atom stereocenters. The van der Waals surface area contributed by atoms with Crippen LogP contribution in [0.4, 0.5) is 4.39 Å². The molecule has 39 heavy (non-hydrogen) atoms. The number of carboxylic acid groups (broad SMARTS) is 1. The van der Waals surface area contributed by atoms with E-state index in [1.165, 1.54) is 41.3 Å². The number of hydrogen-bond donors (Lipinski definition) is 1. The van der Waals surface area contributed by atoms with Gasteiger partial charge in [-0.3, -0.25) is 4.90 Å². The van der Waals surface area contributed by atoms with E-state index in [0.717, 1.165) is 55.1 Å². The smallest absolute Gasteiger partial charge is 0.339 e. The molecule has 0 unspecified atom stereocenters. The fourth-order valence-electron chi connectivity index (χ4n) is 5.48. The topological polar surface area (TPSA) is 49.8 Å². The van der Waals surface area contributed by atoms with Gasteiger partial charge in [-0.15, -0.1) is 0 Å². The molecular formula is C33H33ClFNO3. The van der Waals surface area contributed by atoms with Gasteiger partial charge in [-0.05, 0) is 89.8 Å². The Bertz CT molecular complexity index is 1440. The van der Waals surface area contributed by atoms with E-state index in [1.807, 2.05) is 18.2 Å². The summed E-state index contributed by atoms with van der Waals surface area (Å²) < 4.78 is 19.9. The van der Waals surface area contributed by atoms with E-state index in [4.69, 9.17) is 16.3 Å². The highest BCUT2D eigenvalue weighted by Gasteiger charge is 2.29. The van der Waals surface area contributed by atoms with E-state index in [9.17, 15) is 14.3 Å². The lowest BCUT2D eigenvalue weighted by Crippen LogP contribution is -2.32. The second-order valence-corrected chi connectivity index (χ2v) is 11.6. The molecule has 0 radical (unpaired) electrons. The van der Waals surface area contributed by atoms with Crippen LogP contribution in [0.3, 0.4) is 0 Å². The van der Waals surface area contributed by atoms with Crippen LogP contribution in [-0.2, 0) is 0 Å². The monoisotopic (exact) mass is 545 g/mol. The number of ether oxygens (including phenoxy) is 1. The number of aromatic carboxylic acids is 1. The number of carbonyl (C=O) groups is 1. The summed E-state index contributed by atoms with van der Waals surface area (Å²) in [6.07, 6.45) is 6.36. The van der Waals surface area contributed by atoms with Gasteiger partial charge in [0.25, 0.3) is 0 Å². The number of nitrogens with zero attached hydrogens (tertiary/aromatic N) is 1. The lowest BCUT2D eigenvalue weighted by molar-refractivity contribution is 0.0694. The van der Waals surface area contributed by atoms with Crippen LogP contribution < -0.4 is 4.74 Å². The van der Waals surface area contributed by atoms with Gasteiger partial charge >= 0.3 is 5.97 Å². The van der Waals surface area contributed by atoms with Crippen LogP contribution in [0.5, 0.6) is 11.5 Å². The molecule has 6 heteroatoms. The number of carboxylic acids is 1. The van der Waals surface area contributed by atoms with Gasteiger partial charge in [0.2, 0.25) is 0 Å². The van der Waals surface area contributed by atoms with Crippen LogP contribution in [0, 0.1) is 11.2 Å². The fraction of sp³-hybridized carbons (Fsp3) is 0.303. The minimum absolute atomic E-state index is 0.00127. The summed E-state index contributed by atoms with van der Waals surface area (Å²) in [7, 11) is 0. The SMILES string of the molecule is CC1(C)CCC(CN2CC=C(c3ccc(C(=O)O)c(Oc4ccccc4F)c3)CC2)=C(c2ccc(Cl)cc2)C1. The Hall–Kier alpha value is -3.41. The Morgan fingerprint density at radius 1 is 1.03 bits per heavy atom. The molecule has 1 aliphatic heterocycles. The van der Waals surface area contributed by atoms with Crippen molar-refractivity contribution < 1.29 is 19.0 Å². The summed E-state index contributed by atoms with van der Waals surface area (Å²) in [5, 5.41) is 10.4. The molecule has 3 aromatic rings. The Kier molecular flexibility index (Phi) is 7.92. The summed E-state index contributed by atoms with van der Waals surface area (Å²) in [4.78, 5) is 14.3. The van der Waals surface area contributed by atoms with Crippen molar-refractivity contribution in [3.63, 3.8) is 0 Å². The summed E-state index contributed by atoms with van der Waals surface area (Å²) in [5.74, 6) is -1.51. The van der Waals surface area contributed by atoms with E-state index in [0.29, 0.717) is 0 Å². The van der Waals surface area contributed by atoms with Crippen LogP contribution in [-0.4, -0.2) is 35.6 Å². The molecule has 0 bridgehead atoms. The highest BCUT2D eigenvalue weighted by molar-refractivity contribution is 6.30. The third-order valence-electron chi connectivity index (χ3n) is 7.73. The number of allylic oxidation sites excluding steroid dienone is 1. The average molecular weight is 546 g/mol. The van der Waals surface area contributed by atoms with Crippen molar-refractivity contribution in [2.75, 3.05) is 19.6 Å². The van der Waals surface area contributed by atoms with Crippen LogP contribution >= 0.6 is 11.6 Å². The maximum absolute atomic E-state index is 14.2. The molecule has 2 aliphatic rings. The molecule has 4 nitrogen and oxygen atoms in total. The Morgan fingerprint density at radius 3 is 2.46 bits per heavy atom. The first-order valence-corrected chi connectivity index (χ1v) is 13.7. The molecule has 0 spiro atoms. The van der Waals surface area contributed by atoms with Crippen LogP contribution in [0.2, 0.25) is 5.02 Å². The predicted octanol–water partition coefficient (Wildman–Crippen LogP) is 8.72. The second kappa shape index (κ2) is 11.4. The van der Waals surface area contributed by atoms with Crippen molar-refractivity contribution in [2.45, 2.75) is 39.5 Å². The van der Waals surface area contributed by atoms with Crippen molar-refractivity contribution in [1.82, 2.24) is 4.90 Å². The summed E-state index contributed by atoms with van der Waals surface area (Å²) >= 11 is 6.16. The molecule has 0 aromatic heterocycles. The molecule has 1 aliphatic carbocycles. The van der Waals surface area contributed by atoms with Gasteiger partial charge in [0.05, 0.1) is 0 Å². The second-order valence-electron chi connectivity index (χ2n) is 11.2. The standard InChI is InChI=1S/C33H33ClFNO3/c1-33(2)16-13-25(28(20-33)23-7-10-26(34)11-8-23)21-36-17-14-22(15-18-36)24-9-12-27(32(37)38)31(19-24)39-30-6-4-3-5-29(30)35/h3-12,14,19H,13,15-18,20-21H2,1-2H3,(H,37,38). The molecule has 0 saturated carbocycles. The van der Waals surface area contributed by atoms with Crippen LogP contribution in [0.25, 0.3) is 11.1 Å². The van der Waals surface area contributed by atoms with Gasteiger partial charge in [-0.2, -0.15) is 0 Å². The first-order chi connectivity index (χ1) is 18.7. The van der Waals surface area contributed by atoms with Gasteiger partial charge in [0, 0.05) is 24.7 Å². The minimum Gasteiger partial charge on any atom is -0.478 e. The molecule has 1 heterocycles. The molecule has 5 rings (SSSR count). The zero-order chi connectivity index (χ0) is 27.6. The van der Waals surface area contributed by atoms with Gasteiger partial charge in [0.1, 0.15) is 11.3 Å². The summed E-state index contributed by atoms with van der Waals surface area (Å²) in [6.45, 7) is 7.32. The summed E-state index contributed by atoms with van der Waals surface area (Å²) in [5.41, 5.74) is 6.51. The quantitative estimate of drug-likeness (QED) is 0.322. The van der Waals surface area contributed by atoms with Crippen molar-refractivity contribution in [2.24, 2.45) is 5.41 Å². The summed E-state index contributed by atoms with van der Waals surface area (Å²) in [6, 6.07) is 19.3. The van der Waals surface area contributed by atoms with Gasteiger partial charge < -0.3 is 9.84 Å². The van der Waals surface area contributed by atoms with E-state index in [2.05, 4.69) is 37.0 Å². The molecule has 1 N–H and O–H groups in total. The molecule has 3 aromatic carbocycles. The van der Waals surface area contributed by atoms with Crippen molar-refractivity contribution in [3.8, 4) is 11.5 Å². The number of halogens is 2. The third-order valence-corrected chi connectivity index (χ3v) is 7.98. The van der Waals surface area contributed by atoms with Crippen LogP contribution in [0.1, 0.15) is 61.0 Å². The molecular weight excluding hydrogens is 513 g/mol. The highest BCUT2D eigenvalue weighted by Crippen LogP contribution is 2.43. The first kappa shape index (κ1) is 27.2. The largest absolute Gasteiger partial charge is 0.478 e. The van der Waals surface area contributed by atoms with Gasteiger partial charge in [-0.25, -0.2) is 9.18 Å². The van der Waals surface area contributed by atoms with Gasteiger partial charge in [0.15, 0.2) is 11.6 Å². The molecule has 202 valence electrons. The van der Waals surface area contributed by atoms with Crippen molar-refractivity contribution in [1.29, 1.82) is 0 Å². The Morgan fingerprint density at radius 2 is 1.77 bits per heavy atom. The fourth-order valence-corrected chi connectivity index (χ4v) is 5.61. The Balaban J connectivity index is 1.35. The van der Waals surface area contributed by atoms with E-state index >= 15 is 0 Å². The predicted molar refractivity (Wildman–Crippen MR) is 155 cm³/mol. The molecule has 0 fully saturated rings. The van der Waals surface area contributed by atoms with E-state index < -0.39 is 11.8 Å². The minimum atomic E-state index is -1.11. The lowest BCUT2D eigenvalue weighted by Gasteiger charge is -2.36. The van der Waals surface area contributed by atoms with Crippen LogP contribution in [0.15, 0.2) is 78.4 Å². The molecule has 0 saturated heterocycles. The Labute approximate surface area is 234 Å². The van der Waals surface area contributed by atoms with Crippen molar-refractivity contribution in [3.05, 3.63) is 106 Å². The average Bonchev–Trinajstić information content (AvgIpc) is 2.91. The zero-order valence-corrected chi connectivity index (χ0v) is 23.1. The number of benzene rings is 3. The van der Waals surface area contributed by atoms with Crippen molar-refractivity contribution >= 4 is 28.7 Å². The lowest BCUT2D eigenvalue weighted by atomic mass is 9.72. The third kappa shape index (κ3) is 6.43. The number of para-hydroxylation sites is 1. The zero-order valence-electron chi connectivity index (χ0n) is 22.3. The van der Waals surface area contributed by atoms with E-state index in [-0.39, 0.29) is 22.5 Å². The molecule has 0 amide bonds. The first-order valence-electron chi connectivity index (χ1n) is 13.4. The normalized spacial score (nSPS) is 17.6. The van der Waals surface area contributed by atoms with E-state index in [1.54, 1.807) is 18.2 Å². The number of hydrogen-bond acceptors (Lipinski definition) is 3. The number of rotatable bonds is 7. The van der Waals surface area contributed by atoms with Gasteiger partial charge in [-0.1, -0.05) is 67.4 Å². The highest BCUT2D eigenvalue weighted by atomic mass is 35.5. The maximum atomic E-state index is 14.2. The maximum Gasteiger partial charge on any atom is 0.339 e.